The van der Waals surface area contributed by atoms with Gasteiger partial charge in [-0.3, -0.25) is 4.79 Å². The molecule has 0 fully saturated rings. The number of anilines is 2. The van der Waals surface area contributed by atoms with Crippen molar-refractivity contribution in [3.05, 3.63) is 72.3 Å². The Bertz CT molecular complexity index is 1600. The van der Waals surface area contributed by atoms with Crippen molar-refractivity contribution in [2.75, 3.05) is 44.2 Å². The minimum absolute atomic E-state index is 0.0192. The van der Waals surface area contributed by atoms with Gasteiger partial charge < -0.3 is 34.9 Å². The standard InChI is InChI=1S/C30H34N4O8S/c1-19-15-34(20(2)17-35)29(36)24-13-21(31-30(37)32-22-10-12-26-27(14-22)41-18-40-26)9-11-25(24)42-28(19)16-33(3)43(38,39)23-7-5-4-6-8-23/h4-14,19-20,28,35H,15-18H2,1-3H3,(H2,31,32,37)/t19-,20+,28-/m0/s1. The van der Waals surface area contributed by atoms with E-state index in [0.717, 1.165) is 0 Å². The topological polar surface area (TPSA) is 147 Å². The molecule has 3 atom stereocenters. The van der Waals surface area contributed by atoms with E-state index in [-0.39, 0.29) is 54.5 Å². The summed E-state index contributed by atoms with van der Waals surface area (Å²) in [4.78, 5) is 28.2. The highest BCUT2D eigenvalue weighted by atomic mass is 32.2. The van der Waals surface area contributed by atoms with Gasteiger partial charge in [0, 0.05) is 37.0 Å². The fourth-order valence-electron chi connectivity index (χ4n) is 4.91. The zero-order valence-corrected chi connectivity index (χ0v) is 24.8. The molecule has 3 aromatic carbocycles. The van der Waals surface area contributed by atoms with Crippen LogP contribution in [-0.2, 0) is 10.0 Å². The Hall–Kier alpha value is -4.33. The molecule has 0 aromatic heterocycles. The maximum absolute atomic E-state index is 13.7. The number of likely N-dealkylation sites (N-methyl/N-ethyl adjacent to an activating group) is 1. The number of aliphatic hydroxyl groups is 1. The van der Waals surface area contributed by atoms with Crippen molar-refractivity contribution in [1.82, 2.24) is 9.21 Å². The Morgan fingerprint density at radius 1 is 1.02 bits per heavy atom. The smallest absolute Gasteiger partial charge is 0.323 e. The van der Waals surface area contributed by atoms with Crippen molar-refractivity contribution < 1.29 is 37.3 Å². The average molecular weight is 611 g/mol. The summed E-state index contributed by atoms with van der Waals surface area (Å²) in [7, 11) is -2.30. The van der Waals surface area contributed by atoms with E-state index < -0.39 is 28.2 Å². The molecule has 2 aliphatic heterocycles. The number of aliphatic hydroxyl groups excluding tert-OH is 1. The van der Waals surface area contributed by atoms with Gasteiger partial charge in [-0.2, -0.15) is 4.31 Å². The number of carbonyl (C=O) groups excluding carboxylic acids is 2. The summed E-state index contributed by atoms with van der Waals surface area (Å²) in [5.41, 5.74) is 0.993. The van der Waals surface area contributed by atoms with Crippen LogP contribution in [0.4, 0.5) is 16.2 Å². The number of fused-ring (bicyclic) bond motifs is 2. The lowest BCUT2D eigenvalue weighted by molar-refractivity contribution is 0.0387. The molecule has 3 N–H and O–H groups in total. The third-order valence-electron chi connectivity index (χ3n) is 7.44. The van der Waals surface area contributed by atoms with E-state index >= 15 is 0 Å². The Balaban J connectivity index is 1.38. The number of amides is 3. The summed E-state index contributed by atoms with van der Waals surface area (Å²) in [6.07, 6.45) is -0.628. The van der Waals surface area contributed by atoms with E-state index in [0.29, 0.717) is 22.9 Å². The summed E-state index contributed by atoms with van der Waals surface area (Å²) < 4.78 is 44.7. The highest BCUT2D eigenvalue weighted by Gasteiger charge is 2.35. The Kier molecular flexibility index (Phi) is 8.76. The monoisotopic (exact) mass is 610 g/mol. The van der Waals surface area contributed by atoms with Crippen LogP contribution in [0.5, 0.6) is 17.2 Å². The molecule has 3 aromatic rings. The summed E-state index contributed by atoms with van der Waals surface area (Å²) in [5.74, 6) is 0.677. The summed E-state index contributed by atoms with van der Waals surface area (Å²) in [6.45, 7) is 3.68. The van der Waals surface area contributed by atoms with Gasteiger partial charge in [0.05, 0.1) is 29.7 Å². The van der Waals surface area contributed by atoms with Gasteiger partial charge in [-0.25, -0.2) is 13.2 Å². The number of carbonyl (C=O) groups is 2. The van der Waals surface area contributed by atoms with Crippen LogP contribution < -0.4 is 24.8 Å². The minimum Gasteiger partial charge on any atom is -0.488 e. The number of hydrogen-bond donors (Lipinski definition) is 3. The minimum atomic E-state index is -3.79. The Labute approximate surface area is 250 Å². The van der Waals surface area contributed by atoms with Crippen LogP contribution in [0, 0.1) is 5.92 Å². The molecule has 0 bridgehead atoms. The maximum atomic E-state index is 13.7. The first-order chi connectivity index (χ1) is 20.6. The lowest BCUT2D eigenvalue weighted by atomic mass is 9.99. The number of hydrogen-bond acceptors (Lipinski definition) is 8. The maximum Gasteiger partial charge on any atom is 0.323 e. The van der Waals surface area contributed by atoms with Crippen molar-refractivity contribution in [1.29, 1.82) is 0 Å². The first-order valence-corrected chi connectivity index (χ1v) is 15.2. The molecule has 0 aliphatic carbocycles. The summed E-state index contributed by atoms with van der Waals surface area (Å²) in [5, 5.41) is 15.4. The first-order valence-electron chi connectivity index (χ1n) is 13.8. The van der Waals surface area contributed by atoms with Gasteiger partial charge in [0.1, 0.15) is 11.9 Å². The quantitative estimate of drug-likeness (QED) is 0.351. The number of nitrogens with one attached hydrogen (secondary N) is 2. The van der Waals surface area contributed by atoms with Crippen molar-refractivity contribution in [2.45, 2.75) is 30.9 Å². The van der Waals surface area contributed by atoms with Crippen LogP contribution in [0.2, 0.25) is 0 Å². The number of rotatable bonds is 8. The van der Waals surface area contributed by atoms with E-state index in [1.165, 1.54) is 29.6 Å². The summed E-state index contributed by atoms with van der Waals surface area (Å²) >= 11 is 0. The van der Waals surface area contributed by atoms with Gasteiger partial charge in [0.15, 0.2) is 11.5 Å². The van der Waals surface area contributed by atoms with E-state index in [9.17, 15) is 23.1 Å². The molecule has 12 nitrogen and oxygen atoms in total. The molecule has 43 heavy (non-hydrogen) atoms. The van der Waals surface area contributed by atoms with Gasteiger partial charge >= 0.3 is 6.03 Å². The molecule has 0 saturated carbocycles. The van der Waals surface area contributed by atoms with Crippen molar-refractivity contribution in [2.24, 2.45) is 5.92 Å². The van der Waals surface area contributed by atoms with Crippen LogP contribution in [0.3, 0.4) is 0 Å². The SMILES string of the molecule is C[C@H](CO)N1C[C@H](C)[C@H](CN(C)S(=O)(=O)c2ccccc2)Oc2ccc(NC(=O)Nc3ccc4c(c3)OCO4)cc2C1=O. The summed E-state index contributed by atoms with van der Waals surface area (Å²) in [6, 6.07) is 16.8. The zero-order chi connectivity index (χ0) is 30.7. The van der Waals surface area contributed by atoms with Gasteiger partial charge in [-0.05, 0) is 49.4 Å². The largest absolute Gasteiger partial charge is 0.488 e. The molecular formula is C30H34N4O8S. The van der Waals surface area contributed by atoms with Gasteiger partial charge in [-0.1, -0.05) is 25.1 Å². The third kappa shape index (κ3) is 6.53. The zero-order valence-electron chi connectivity index (χ0n) is 24.0. The lowest BCUT2D eigenvalue weighted by Gasteiger charge is -2.38. The molecule has 2 aliphatic rings. The fourth-order valence-corrected chi connectivity index (χ4v) is 6.11. The molecule has 13 heteroatoms. The number of nitrogens with zero attached hydrogens (tertiary/aromatic N) is 2. The normalized spacial score (nSPS) is 18.7. The van der Waals surface area contributed by atoms with Crippen LogP contribution >= 0.6 is 0 Å². The van der Waals surface area contributed by atoms with Crippen LogP contribution in [0.15, 0.2) is 71.6 Å². The number of benzene rings is 3. The first kappa shape index (κ1) is 30.1. The van der Waals surface area contributed by atoms with E-state index in [1.807, 2.05) is 6.92 Å². The second-order valence-electron chi connectivity index (χ2n) is 10.6. The van der Waals surface area contributed by atoms with Crippen molar-refractivity contribution >= 4 is 33.3 Å². The predicted octanol–water partition coefficient (Wildman–Crippen LogP) is 3.60. The van der Waals surface area contributed by atoms with Crippen LogP contribution in [0.1, 0.15) is 24.2 Å². The third-order valence-corrected chi connectivity index (χ3v) is 9.28. The highest BCUT2D eigenvalue weighted by Crippen LogP contribution is 2.35. The molecule has 0 radical (unpaired) electrons. The number of urea groups is 1. The molecule has 2 heterocycles. The highest BCUT2D eigenvalue weighted by molar-refractivity contribution is 7.89. The second-order valence-corrected chi connectivity index (χ2v) is 12.6. The average Bonchev–Trinajstić information content (AvgIpc) is 3.47. The second kappa shape index (κ2) is 12.5. The number of sulfonamides is 1. The van der Waals surface area contributed by atoms with Crippen LogP contribution in [0.25, 0.3) is 0 Å². The predicted molar refractivity (Wildman–Crippen MR) is 159 cm³/mol. The Morgan fingerprint density at radius 2 is 1.67 bits per heavy atom. The van der Waals surface area contributed by atoms with Crippen molar-refractivity contribution in [3.8, 4) is 17.2 Å². The van der Waals surface area contributed by atoms with E-state index in [1.54, 1.807) is 60.4 Å². The van der Waals surface area contributed by atoms with Gasteiger partial charge in [-0.15, -0.1) is 0 Å². The Morgan fingerprint density at radius 3 is 2.37 bits per heavy atom. The van der Waals surface area contributed by atoms with E-state index in [2.05, 4.69) is 10.6 Å². The molecule has 0 unspecified atom stereocenters. The van der Waals surface area contributed by atoms with Crippen LogP contribution in [-0.4, -0.2) is 80.4 Å². The fraction of sp³-hybridized carbons (Fsp3) is 0.333. The number of ether oxygens (including phenoxy) is 3. The molecule has 0 saturated heterocycles. The van der Waals surface area contributed by atoms with Crippen molar-refractivity contribution in [3.63, 3.8) is 0 Å². The molecule has 228 valence electrons. The van der Waals surface area contributed by atoms with Gasteiger partial charge in [0.25, 0.3) is 5.91 Å². The molecule has 5 rings (SSSR count). The molecule has 0 spiro atoms. The van der Waals surface area contributed by atoms with E-state index in [4.69, 9.17) is 14.2 Å². The molecular weight excluding hydrogens is 576 g/mol. The van der Waals surface area contributed by atoms with Gasteiger partial charge in [0.2, 0.25) is 16.8 Å². The molecule has 3 amide bonds. The lowest BCUT2D eigenvalue weighted by Crippen LogP contribution is -2.50.